The molecule has 0 atom stereocenters. The molecule has 0 fully saturated rings. The standard InChI is InChI=1S/C25H21N3O4/c1-15-10-11-18(22(29)26-2)13-21(15)27-23(30)17-7-5-6-16(12-17)14-28-24(31)19-8-3-4-9-20(19)25(28)32/h3-13H,14H2,1-2H3,(H,26,29)(H,27,30). The number of carbonyl (C=O) groups is 4. The second-order valence-corrected chi connectivity index (χ2v) is 7.51. The Morgan fingerprint density at radius 3 is 2.12 bits per heavy atom. The van der Waals surface area contributed by atoms with Gasteiger partial charge in [-0.3, -0.25) is 24.1 Å². The zero-order valence-electron chi connectivity index (χ0n) is 17.6. The van der Waals surface area contributed by atoms with Gasteiger partial charge in [0.05, 0.1) is 17.7 Å². The molecule has 1 heterocycles. The first-order valence-electron chi connectivity index (χ1n) is 10.1. The maximum atomic E-state index is 12.9. The highest BCUT2D eigenvalue weighted by atomic mass is 16.2. The van der Waals surface area contributed by atoms with E-state index in [1.807, 2.05) is 6.92 Å². The fourth-order valence-corrected chi connectivity index (χ4v) is 3.61. The quantitative estimate of drug-likeness (QED) is 0.610. The molecule has 7 nitrogen and oxygen atoms in total. The number of fused-ring (bicyclic) bond motifs is 1. The molecule has 0 bridgehead atoms. The normalized spacial score (nSPS) is 12.5. The van der Waals surface area contributed by atoms with Gasteiger partial charge in [0.2, 0.25) is 0 Å². The minimum absolute atomic E-state index is 0.0681. The van der Waals surface area contributed by atoms with Gasteiger partial charge in [0.15, 0.2) is 0 Å². The summed E-state index contributed by atoms with van der Waals surface area (Å²) in [5, 5.41) is 5.39. The van der Waals surface area contributed by atoms with Crippen molar-refractivity contribution in [3.05, 3.63) is 100 Å². The first-order chi connectivity index (χ1) is 15.4. The summed E-state index contributed by atoms with van der Waals surface area (Å²) in [5.41, 5.74) is 3.59. The van der Waals surface area contributed by atoms with E-state index in [2.05, 4.69) is 10.6 Å². The Kier molecular flexibility index (Phi) is 5.55. The number of nitrogens with zero attached hydrogens (tertiary/aromatic N) is 1. The number of hydrogen-bond donors (Lipinski definition) is 2. The van der Waals surface area contributed by atoms with E-state index in [9.17, 15) is 19.2 Å². The van der Waals surface area contributed by atoms with Gasteiger partial charge in [-0.1, -0.05) is 30.3 Å². The third kappa shape index (κ3) is 3.88. The molecule has 4 amide bonds. The van der Waals surface area contributed by atoms with Crippen molar-refractivity contribution < 1.29 is 19.2 Å². The van der Waals surface area contributed by atoms with Crippen molar-refractivity contribution in [3.8, 4) is 0 Å². The van der Waals surface area contributed by atoms with Gasteiger partial charge in [0, 0.05) is 23.9 Å². The molecule has 3 aromatic carbocycles. The SMILES string of the molecule is CNC(=O)c1ccc(C)c(NC(=O)c2cccc(CN3C(=O)c4ccccc4C3=O)c2)c1. The fraction of sp³-hybridized carbons (Fsp3) is 0.120. The third-order valence-electron chi connectivity index (χ3n) is 5.38. The van der Waals surface area contributed by atoms with Crippen molar-refractivity contribution in [3.63, 3.8) is 0 Å². The molecular weight excluding hydrogens is 406 g/mol. The summed E-state index contributed by atoms with van der Waals surface area (Å²) in [4.78, 5) is 51.2. The van der Waals surface area contributed by atoms with Gasteiger partial charge in [-0.25, -0.2) is 0 Å². The molecule has 0 saturated heterocycles. The highest BCUT2D eigenvalue weighted by molar-refractivity contribution is 6.21. The van der Waals surface area contributed by atoms with Crippen LogP contribution in [0.3, 0.4) is 0 Å². The van der Waals surface area contributed by atoms with Crippen LogP contribution >= 0.6 is 0 Å². The fourth-order valence-electron chi connectivity index (χ4n) is 3.61. The van der Waals surface area contributed by atoms with Crippen molar-refractivity contribution in [1.29, 1.82) is 0 Å². The Hall–Kier alpha value is -4.26. The second kappa shape index (κ2) is 8.47. The van der Waals surface area contributed by atoms with Gasteiger partial charge in [-0.05, 0) is 54.4 Å². The Morgan fingerprint density at radius 2 is 1.47 bits per heavy atom. The number of imide groups is 1. The molecule has 7 heteroatoms. The molecule has 2 N–H and O–H groups in total. The van der Waals surface area contributed by atoms with Crippen LogP contribution in [0.1, 0.15) is 52.6 Å². The summed E-state index contributed by atoms with van der Waals surface area (Å²) in [6.45, 7) is 1.90. The summed E-state index contributed by atoms with van der Waals surface area (Å²) in [5.74, 6) is -1.29. The average Bonchev–Trinajstić information content (AvgIpc) is 3.05. The van der Waals surface area contributed by atoms with E-state index in [-0.39, 0.29) is 30.2 Å². The number of benzene rings is 3. The smallest absolute Gasteiger partial charge is 0.261 e. The molecule has 1 aliphatic heterocycles. The molecule has 0 unspecified atom stereocenters. The zero-order chi connectivity index (χ0) is 22.8. The minimum atomic E-state index is -0.355. The predicted octanol–water partition coefficient (Wildman–Crippen LogP) is 3.40. The second-order valence-electron chi connectivity index (χ2n) is 7.51. The Balaban J connectivity index is 1.53. The highest BCUT2D eigenvalue weighted by Crippen LogP contribution is 2.25. The lowest BCUT2D eigenvalue weighted by molar-refractivity contribution is 0.0642. The van der Waals surface area contributed by atoms with Crippen LogP contribution in [0.4, 0.5) is 5.69 Å². The van der Waals surface area contributed by atoms with Crippen LogP contribution < -0.4 is 10.6 Å². The maximum absolute atomic E-state index is 12.9. The van der Waals surface area contributed by atoms with Crippen molar-refractivity contribution in [2.75, 3.05) is 12.4 Å². The predicted molar refractivity (Wildman–Crippen MR) is 120 cm³/mol. The molecule has 32 heavy (non-hydrogen) atoms. The van der Waals surface area contributed by atoms with Gasteiger partial charge in [0.1, 0.15) is 0 Å². The zero-order valence-corrected chi connectivity index (χ0v) is 17.6. The summed E-state index contributed by atoms with van der Waals surface area (Å²) >= 11 is 0. The van der Waals surface area contributed by atoms with Crippen LogP contribution in [-0.4, -0.2) is 35.6 Å². The maximum Gasteiger partial charge on any atom is 0.261 e. The largest absolute Gasteiger partial charge is 0.355 e. The molecule has 0 saturated carbocycles. The summed E-state index contributed by atoms with van der Waals surface area (Å²) in [6.07, 6.45) is 0. The number of nitrogens with one attached hydrogen (secondary N) is 2. The number of carbonyl (C=O) groups excluding carboxylic acids is 4. The molecule has 3 aromatic rings. The molecule has 0 aromatic heterocycles. The van der Waals surface area contributed by atoms with Crippen molar-refractivity contribution in [1.82, 2.24) is 10.2 Å². The van der Waals surface area contributed by atoms with E-state index in [0.29, 0.717) is 33.5 Å². The molecule has 160 valence electrons. The van der Waals surface area contributed by atoms with Crippen LogP contribution in [0.25, 0.3) is 0 Å². The van der Waals surface area contributed by atoms with Crippen LogP contribution in [0.2, 0.25) is 0 Å². The Bertz CT molecular complexity index is 1230. The monoisotopic (exact) mass is 427 g/mol. The Morgan fingerprint density at radius 1 is 0.812 bits per heavy atom. The van der Waals surface area contributed by atoms with Crippen LogP contribution in [-0.2, 0) is 6.54 Å². The van der Waals surface area contributed by atoms with Gasteiger partial charge in [0.25, 0.3) is 23.6 Å². The topological polar surface area (TPSA) is 95.6 Å². The van der Waals surface area contributed by atoms with Crippen LogP contribution in [0.15, 0.2) is 66.7 Å². The number of hydrogen-bond acceptors (Lipinski definition) is 4. The number of rotatable bonds is 5. The van der Waals surface area contributed by atoms with Crippen LogP contribution in [0, 0.1) is 6.92 Å². The molecule has 0 spiro atoms. The van der Waals surface area contributed by atoms with Gasteiger partial charge >= 0.3 is 0 Å². The number of amides is 4. The highest BCUT2D eigenvalue weighted by Gasteiger charge is 2.35. The lowest BCUT2D eigenvalue weighted by Gasteiger charge is -2.15. The van der Waals surface area contributed by atoms with Gasteiger partial charge in [-0.15, -0.1) is 0 Å². The van der Waals surface area contributed by atoms with Crippen molar-refractivity contribution in [2.24, 2.45) is 0 Å². The number of aryl methyl sites for hydroxylation is 1. The molecule has 0 radical (unpaired) electrons. The lowest BCUT2D eigenvalue weighted by atomic mass is 10.1. The molecule has 4 rings (SSSR count). The summed E-state index contributed by atoms with van der Waals surface area (Å²) < 4.78 is 0. The molecule has 0 aliphatic carbocycles. The van der Waals surface area contributed by atoms with E-state index in [1.54, 1.807) is 73.8 Å². The first kappa shape index (κ1) is 21.0. The Labute approximate surface area is 185 Å². The van der Waals surface area contributed by atoms with E-state index in [4.69, 9.17) is 0 Å². The van der Waals surface area contributed by atoms with E-state index in [1.165, 1.54) is 4.90 Å². The van der Waals surface area contributed by atoms with Gasteiger partial charge < -0.3 is 10.6 Å². The lowest BCUT2D eigenvalue weighted by Crippen LogP contribution is -2.29. The third-order valence-corrected chi connectivity index (χ3v) is 5.38. The minimum Gasteiger partial charge on any atom is -0.355 e. The number of anilines is 1. The summed E-state index contributed by atoms with van der Waals surface area (Å²) in [7, 11) is 1.54. The van der Waals surface area contributed by atoms with Gasteiger partial charge in [-0.2, -0.15) is 0 Å². The molecular formula is C25H21N3O4. The summed E-state index contributed by atoms with van der Waals surface area (Å²) in [6, 6.07) is 18.5. The van der Waals surface area contributed by atoms with Crippen molar-refractivity contribution >= 4 is 29.3 Å². The van der Waals surface area contributed by atoms with E-state index in [0.717, 1.165) is 5.56 Å². The van der Waals surface area contributed by atoms with Crippen molar-refractivity contribution in [2.45, 2.75) is 13.5 Å². The van der Waals surface area contributed by atoms with E-state index >= 15 is 0 Å². The van der Waals surface area contributed by atoms with E-state index < -0.39 is 0 Å². The van der Waals surface area contributed by atoms with Crippen LogP contribution in [0.5, 0.6) is 0 Å². The average molecular weight is 427 g/mol. The molecule has 1 aliphatic rings. The first-order valence-corrected chi connectivity index (χ1v) is 10.1.